The minimum atomic E-state index is 0.0868. The van der Waals surface area contributed by atoms with Crippen molar-refractivity contribution in [2.24, 2.45) is 5.73 Å². The van der Waals surface area contributed by atoms with Crippen LogP contribution in [-0.2, 0) is 5.54 Å². The van der Waals surface area contributed by atoms with Crippen molar-refractivity contribution in [1.29, 1.82) is 0 Å². The summed E-state index contributed by atoms with van der Waals surface area (Å²) in [5.74, 6) is 0. The summed E-state index contributed by atoms with van der Waals surface area (Å²) in [6.45, 7) is 0.654. The third kappa shape index (κ3) is 0.654. The molecule has 0 aliphatic heterocycles. The summed E-state index contributed by atoms with van der Waals surface area (Å²) in [4.78, 5) is 1.73. The molecule has 2 N–H and O–H groups in total. The van der Waals surface area contributed by atoms with E-state index in [1.54, 1.807) is 17.2 Å². The van der Waals surface area contributed by atoms with Crippen LogP contribution in [0.15, 0.2) is 12.4 Å². The summed E-state index contributed by atoms with van der Waals surface area (Å²) in [6.07, 6.45) is 5.63. The highest BCUT2D eigenvalue weighted by atomic mass is 15.5. The minimum absolute atomic E-state index is 0.0868. The van der Waals surface area contributed by atoms with Crippen LogP contribution in [0.4, 0.5) is 0 Å². The maximum atomic E-state index is 5.56. The molecule has 10 heavy (non-hydrogen) atoms. The van der Waals surface area contributed by atoms with Gasteiger partial charge in [0.05, 0.1) is 17.9 Å². The molecule has 2 rings (SSSR count). The monoisotopic (exact) mass is 138 g/mol. The summed E-state index contributed by atoms with van der Waals surface area (Å²) >= 11 is 0. The van der Waals surface area contributed by atoms with Crippen molar-refractivity contribution in [1.82, 2.24) is 15.0 Å². The summed E-state index contributed by atoms with van der Waals surface area (Å²) in [5, 5.41) is 8.09. The Morgan fingerprint density at radius 2 is 2.00 bits per heavy atom. The summed E-state index contributed by atoms with van der Waals surface area (Å²) in [6, 6.07) is 0. The molecule has 54 valence electrons. The van der Waals surface area contributed by atoms with Gasteiger partial charge in [0.15, 0.2) is 0 Å². The van der Waals surface area contributed by atoms with Gasteiger partial charge in [0.25, 0.3) is 0 Å². The highest BCUT2D eigenvalue weighted by molar-refractivity contribution is 4.97. The lowest BCUT2D eigenvalue weighted by atomic mass is 10.3. The molecule has 0 atom stereocenters. The Morgan fingerprint density at radius 1 is 1.40 bits per heavy atom. The van der Waals surface area contributed by atoms with Crippen molar-refractivity contribution < 1.29 is 0 Å². The first-order valence-corrected chi connectivity index (χ1v) is 3.44. The molecule has 0 spiro atoms. The van der Waals surface area contributed by atoms with E-state index in [-0.39, 0.29) is 5.54 Å². The van der Waals surface area contributed by atoms with Crippen LogP contribution in [0.25, 0.3) is 0 Å². The molecular weight excluding hydrogens is 128 g/mol. The average Bonchev–Trinajstić information content (AvgIpc) is 2.58. The van der Waals surface area contributed by atoms with Crippen molar-refractivity contribution in [3.05, 3.63) is 12.4 Å². The van der Waals surface area contributed by atoms with Gasteiger partial charge in [-0.2, -0.15) is 15.0 Å². The largest absolute Gasteiger partial charge is 0.328 e. The molecule has 0 bridgehead atoms. The molecule has 4 heteroatoms. The lowest BCUT2D eigenvalue weighted by molar-refractivity contribution is 0.389. The molecule has 1 saturated carbocycles. The molecule has 1 aliphatic rings. The van der Waals surface area contributed by atoms with Gasteiger partial charge in [-0.3, -0.25) is 0 Å². The van der Waals surface area contributed by atoms with E-state index >= 15 is 0 Å². The van der Waals surface area contributed by atoms with Crippen molar-refractivity contribution in [3.8, 4) is 0 Å². The maximum Gasteiger partial charge on any atom is 0.0947 e. The third-order valence-corrected chi connectivity index (χ3v) is 2.05. The molecule has 0 radical (unpaired) electrons. The number of nitrogens with two attached hydrogens (primary N) is 1. The summed E-state index contributed by atoms with van der Waals surface area (Å²) < 4.78 is 0. The fourth-order valence-corrected chi connectivity index (χ4v) is 1.09. The van der Waals surface area contributed by atoms with Gasteiger partial charge in [0.2, 0.25) is 0 Å². The zero-order valence-corrected chi connectivity index (χ0v) is 5.70. The average molecular weight is 138 g/mol. The summed E-state index contributed by atoms with van der Waals surface area (Å²) in [5.41, 5.74) is 5.65. The van der Waals surface area contributed by atoms with Crippen LogP contribution in [0, 0.1) is 0 Å². The topological polar surface area (TPSA) is 56.7 Å². The van der Waals surface area contributed by atoms with Crippen molar-refractivity contribution in [2.75, 3.05) is 6.54 Å². The van der Waals surface area contributed by atoms with Crippen LogP contribution in [0.2, 0.25) is 0 Å². The van der Waals surface area contributed by atoms with Crippen LogP contribution in [0.3, 0.4) is 0 Å². The van der Waals surface area contributed by atoms with Gasteiger partial charge in [-0.15, -0.1) is 0 Å². The number of aromatic nitrogens is 3. The molecular formula is C6H10N4. The second-order valence-corrected chi connectivity index (χ2v) is 2.75. The molecule has 1 fully saturated rings. The Hall–Kier alpha value is -0.900. The molecule has 0 saturated heterocycles. The molecule has 1 aliphatic carbocycles. The third-order valence-electron chi connectivity index (χ3n) is 2.05. The van der Waals surface area contributed by atoms with E-state index in [0.717, 1.165) is 12.8 Å². The first-order chi connectivity index (χ1) is 4.87. The number of hydrogen-bond acceptors (Lipinski definition) is 3. The lowest BCUT2D eigenvalue weighted by Crippen LogP contribution is -2.28. The first-order valence-electron chi connectivity index (χ1n) is 3.44. The smallest absolute Gasteiger partial charge is 0.0947 e. The number of hydrogen-bond donors (Lipinski definition) is 1. The second-order valence-electron chi connectivity index (χ2n) is 2.75. The van der Waals surface area contributed by atoms with Crippen molar-refractivity contribution in [3.63, 3.8) is 0 Å². The standard InChI is InChI=1S/C6H10N4/c7-5-6(1-2-6)10-8-3-4-9-10/h3-4H,1-2,5,7H2. The van der Waals surface area contributed by atoms with E-state index in [0.29, 0.717) is 6.54 Å². The van der Waals surface area contributed by atoms with Gasteiger partial charge in [0, 0.05) is 6.54 Å². The molecule has 4 nitrogen and oxygen atoms in total. The summed E-state index contributed by atoms with van der Waals surface area (Å²) in [7, 11) is 0. The fraction of sp³-hybridized carbons (Fsp3) is 0.667. The van der Waals surface area contributed by atoms with Gasteiger partial charge in [-0.05, 0) is 12.8 Å². The van der Waals surface area contributed by atoms with E-state index in [9.17, 15) is 0 Å². The zero-order chi connectivity index (χ0) is 7.03. The van der Waals surface area contributed by atoms with Crippen LogP contribution >= 0.6 is 0 Å². The molecule has 1 heterocycles. The van der Waals surface area contributed by atoms with E-state index in [4.69, 9.17) is 5.73 Å². The van der Waals surface area contributed by atoms with Gasteiger partial charge < -0.3 is 5.73 Å². The normalized spacial score (nSPS) is 20.9. The Bertz CT molecular complexity index is 212. The van der Waals surface area contributed by atoms with Crippen LogP contribution < -0.4 is 5.73 Å². The van der Waals surface area contributed by atoms with Gasteiger partial charge >= 0.3 is 0 Å². The number of rotatable bonds is 2. The minimum Gasteiger partial charge on any atom is -0.328 e. The SMILES string of the molecule is NCC1(n2nccn2)CC1. The van der Waals surface area contributed by atoms with E-state index in [2.05, 4.69) is 10.2 Å². The Balaban J connectivity index is 2.27. The predicted molar refractivity (Wildman–Crippen MR) is 36.3 cm³/mol. The highest BCUT2D eigenvalue weighted by Crippen LogP contribution is 2.40. The molecule has 1 aromatic rings. The highest BCUT2D eigenvalue weighted by Gasteiger charge is 2.45. The molecule has 1 aromatic heterocycles. The van der Waals surface area contributed by atoms with Gasteiger partial charge in [-0.1, -0.05) is 0 Å². The molecule has 0 amide bonds. The Kier molecular flexibility index (Phi) is 1.05. The maximum absolute atomic E-state index is 5.56. The predicted octanol–water partition coefficient (Wildman–Crippen LogP) is -0.274. The zero-order valence-electron chi connectivity index (χ0n) is 5.70. The fourth-order valence-electron chi connectivity index (χ4n) is 1.09. The van der Waals surface area contributed by atoms with Crippen LogP contribution in [0.1, 0.15) is 12.8 Å². The van der Waals surface area contributed by atoms with E-state index in [1.807, 2.05) is 0 Å². The Morgan fingerprint density at radius 3 is 2.40 bits per heavy atom. The van der Waals surface area contributed by atoms with Gasteiger partial charge in [0.1, 0.15) is 0 Å². The van der Waals surface area contributed by atoms with Crippen molar-refractivity contribution in [2.45, 2.75) is 18.4 Å². The van der Waals surface area contributed by atoms with Crippen LogP contribution in [-0.4, -0.2) is 21.5 Å². The van der Waals surface area contributed by atoms with Crippen LogP contribution in [0.5, 0.6) is 0 Å². The second kappa shape index (κ2) is 1.79. The van der Waals surface area contributed by atoms with Gasteiger partial charge in [-0.25, -0.2) is 0 Å². The Labute approximate surface area is 59.0 Å². The van der Waals surface area contributed by atoms with Crippen molar-refractivity contribution >= 4 is 0 Å². The molecule has 0 unspecified atom stereocenters. The van der Waals surface area contributed by atoms with E-state index in [1.165, 1.54) is 0 Å². The molecule has 0 aromatic carbocycles. The van der Waals surface area contributed by atoms with E-state index < -0.39 is 0 Å². The number of nitrogens with zero attached hydrogens (tertiary/aromatic N) is 3. The lowest BCUT2D eigenvalue weighted by Gasteiger charge is -2.09. The quantitative estimate of drug-likeness (QED) is 0.611. The first kappa shape index (κ1) is 5.85.